The third kappa shape index (κ3) is 3.30. The molecule has 1 aliphatic rings. The highest BCUT2D eigenvalue weighted by Crippen LogP contribution is 2.47. The summed E-state index contributed by atoms with van der Waals surface area (Å²) in [6.45, 7) is 0. The van der Waals surface area contributed by atoms with Crippen molar-refractivity contribution in [3.8, 4) is 11.4 Å². The summed E-state index contributed by atoms with van der Waals surface area (Å²) in [6.07, 6.45) is 6.03. The van der Waals surface area contributed by atoms with Crippen LogP contribution in [0.2, 0.25) is 0 Å². The second-order valence-corrected chi connectivity index (χ2v) is 6.82. The highest BCUT2D eigenvalue weighted by Gasteiger charge is 2.41. The van der Waals surface area contributed by atoms with Gasteiger partial charge in [0.1, 0.15) is 17.2 Å². The Balaban J connectivity index is 1.47. The van der Waals surface area contributed by atoms with Crippen molar-refractivity contribution in [1.29, 1.82) is 0 Å². The SMILES string of the molecule is NC(=O)c1cc(-c2ccc(CCC3(c4ncccc4F)CCC3)nn2)no1. The summed E-state index contributed by atoms with van der Waals surface area (Å²) < 4.78 is 19.0. The van der Waals surface area contributed by atoms with Gasteiger partial charge in [0, 0.05) is 17.7 Å². The van der Waals surface area contributed by atoms with Crippen LogP contribution in [0, 0.1) is 5.82 Å². The molecule has 1 aliphatic carbocycles. The van der Waals surface area contributed by atoms with Gasteiger partial charge in [-0.15, -0.1) is 5.10 Å². The van der Waals surface area contributed by atoms with Crippen LogP contribution in [0.25, 0.3) is 11.4 Å². The zero-order valence-corrected chi connectivity index (χ0v) is 14.6. The molecule has 27 heavy (non-hydrogen) atoms. The predicted molar refractivity (Wildman–Crippen MR) is 94.1 cm³/mol. The Hall–Kier alpha value is -3.16. The lowest BCUT2D eigenvalue weighted by Gasteiger charge is -2.41. The van der Waals surface area contributed by atoms with E-state index in [4.69, 9.17) is 10.3 Å². The minimum atomic E-state index is -0.689. The van der Waals surface area contributed by atoms with Gasteiger partial charge in [-0.05, 0) is 49.9 Å². The van der Waals surface area contributed by atoms with Gasteiger partial charge >= 0.3 is 0 Å². The van der Waals surface area contributed by atoms with Crippen LogP contribution in [0.3, 0.4) is 0 Å². The molecular formula is C19H18FN5O2. The summed E-state index contributed by atoms with van der Waals surface area (Å²) >= 11 is 0. The van der Waals surface area contributed by atoms with Crippen molar-refractivity contribution in [2.45, 2.75) is 37.5 Å². The average Bonchev–Trinajstić information content (AvgIpc) is 3.13. The molecule has 138 valence electrons. The zero-order valence-electron chi connectivity index (χ0n) is 14.6. The number of carbonyl (C=O) groups is 1. The molecule has 0 radical (unpaired) electrons. The highest BCUT2D eigenvalue weighted by molar-refractivity contribution is 5.90. The molecule has 4 rings (SSSR count). The Morgan fingerprint density at radius 2 is 2.07 bits per heavy atom. The van der Waals surface area contributed by atoms with Crippen LogP contribution in [0.1, 0.15) is 47.6 Å². The van der Waals surface area contributed by atoms with E-state index in [1.54, 1.807) is 18.3 Å². The Kier molecular flexibility index (Phi) is 4.39. The van der Waals surface area contributed by atoms with Crippen molar-refractivity contribution in [3.63, 3.8) is 0 Å². The van der Waals surface area contributed by atoms with Crippen LogP contribution >= 0.6 is 0 Å². The second kappa shape index (κ2) is 6.86. The number of primary amides is 1. The Morgan fingerprint density at radius 3 is 2.67 bits per heavy atom. The van der Waals surface area contributed by atoms with E-state index in [0.29, 0.717) is 23.5 Å². The first-order valence-electron chi connectivity index (χ1n) is 8.78. The van der Waals surface area contributed by atoms with Crippen LogP contribution < -0.4 is 5.73 Å². The molecule has 2 N–H and O–H groups in total. The monoisotopic (exact) mass is 367 g/mol. The molecule has 0 bridgehead atoms. The molecule has 1 fully saturated rings. The first-order chi connectivity index (χ1) is 13.1. The minimum Gasteiger partial charge on any atom is -0.363 e. The highest BCUT2D eigenvalue weighted by atomic mass is 19.1. The number of halogens is 1. The van der Waals surface area contributed by atoms with E-state index in [1.165, 1.54) is 12.1 Å². The number of rotatable bonds is 6. The Morgan fingerprint density at radius 1 is 1.22 bits per heavy atom. The van der Waals surface area contributed by atoms with E-state index >= 15 is 0 Å². The molecular weight excluding hydrogens is 349 g/mol. The van der Waals surface area contributed by atoms with Gasteiger partial charge in [-0.25, -0.2) is 4.39 Å². The molecule has 3 heterocycles. The van der Waals surface area contributed by atoms with E-state index in [9.17, 15) is 9.18 Å². The molecule has 0 unspecified atom stereocenters. The largest absolute Gasteiger partial charge is 0.363 e. The molecule has 0 aromatic carbocycles. The number of nitrogens with two attached hydrogens (primary N) is 1. The number of aryl methyl sites for hydroxylation is 1. The number of nitrogens with zero attached hydrogens (tertiary/aromatic N) is 4. The van der Waals surface area contributed by atoms with Gasteiger partial charge in [-0.1, -0.05) is 11.6 Å². The number of hydrogen-bond acceptors (Lipinski definition) is 6. The maximum absolute atomic E-state index is 14.2. The topological polar surface area (TPSA) is 108 Å². The fourth-order valence-corrected chi connectivity index (χ4v) is 3.49. The van der Waals surface area contributed by atoms with E-state index in [1.807, 2.05) is 6.07 Å². The van der Waals surface area contributed by atoms with Gasteiger partial charge in [0.2, 0.25) is 5.76 Å². The molecule has 3 aromatic rings. The summed E-state index contributed by atoms with van der Waals surface area (Å²) in [5, 5.41) is 12.1. The number of pyridine rings is 1. The maximum Gasteiger partial charge on any atom is 0.287 e. The average molecular weight is 367 g/mol. The standard InChI is InChI=1S/C19H18FN5O2/c20-13-3-1-10-22-17(13)19(7-2-8-19)9-6-12-4-5-14(24-23-12)15-11-16(18(21)26)27-25-15/h1,3-5,10-11H,2,6-9H2,(H2,21,26). The van der Waals surface area contributed by atoms with Crippen molar-refractivity contribution >= 4 is 5.91 Å². The fourth-order valence-electron chi connectivity index (χ4n) is 3.49. The van der Waals surface area contributed by atoms with Crippen molar-refractivity contribution in [2.24, 2.45) is 5.73 Å². The first kappa shape index (κ1) is 17.3. The molecule has 0 atom stereocenters. The summed E-state index contributed by atoms with van der Waals surface area (Å²) in [4.78, 5) is 15.4. The smallest absolute Gasteiger partial charge is 0.287 e. The van der Waals surface area contributed by atoms with Gasteiger partial charge in [-0.3, -0.25) is 9.78 Å². The summed E-state index contributed by atoms with van der Waals surface area (Å²) in [5.74, 6) is -0.957. The Labute approximate surface area is 154 Å². The van der Waals surface area contributed by atoms with Crippen molar-refractivity contribution in [1.82, 2.24) is 20.3 Å². The minimum absolute atomic E-state index is 0.0276. The molecule has 7 nitrogen and oxygen atoms in total. The number of carbonyl (C=O) groups excluding carboxylic acids is 1. The van der Waals surface area contributed by atoms with Crippen LogP contribution in [0.4, 0.5) is 4.39 Å². The summed E-state index contributed by atoms with van der Waals surface area (Å²) in [5.41, 5.74) is 7.18. The molecule has 8 heteroatoms. The van der Waals surface area contributed by atoms with Gasteiger partial charge in [0.05, 0.1) is 11.4 Å². The first-order valence-corrected chi connectivity index (χ1v) is 8.78. The maximum atomic E-state index is 14.2. The van der Waals surface area contributed by atoms with Crippen LogP contribution in [0.5, 0.6) is 0 Å². The zero-order chi connectivity index (χ0) is 18.9. The number of amides is 1. The van der Waals surface area contributed by atoms with Gasteiger partial charge in [0.25, 0.3) is 5.91 Å². The molecule has 0 saturated heterocycles. The van der Waals surface area contributed by atoms with E-state index in [-0.39, 0.29) is 17.0 Å². The lowest BCUT2D eigenvalue weighted by Crippen LogP contribution is -2.36. The molecule has 1 amide bonds. The van der Waals surface area contributed by atoms with Crippen LogP contribution in [0.15, 0.2) is 41.1 Å². The third-order valence-corrected chi connectivity index (χ3v) is 5.17. The molecule has 0 aliphatic heterocycles. The number of aromatic nitrogens is 4. The molecule has 0 spiro atoms. The van der Waals surface area contributed by atoms with Gasteiger partial charge in [0.15, 0.2) is 0 Å². The Bertz CT molecular complexity index is 966. The molecule has 1 saturated carbocycles. The fraction of sp³-hybridized carbons (Fsp3) is 0.316. The summed E-state index contributed by atoms with van der Waals surface area (Å²) in [6, 6.07) is 8.12. The predicted octanol–water partition coefficient (Wildman–Crippen LogP) is 2.82. The van der Waals surface area contributed by atoms with Crippen LogP contribution in [-0.4, -0.2) is 26.2 Å². The normalized spacial score (nSPS) is 15.3. The van der Waals surface area contributed by atoms with Crippen molar-refractivity contribution in [2.75, 3.05) is 0 Å². The lowest BCUT2D eigenvalue weighted by atomic mass is 9.63. The van der Waals surface area contributed by atoms with E-state index < -0.39 is 5.91 Å². The lowest BCUT2D eigenvalue weighted by molar-refractivity contribution is 0.0965. The van der Waals surface area contributed by atoms with Gasteiger partial charge in [-0.2, -0.15) is 5.10 Å². The van der Waals surface area contributed by atoms with Gasteiger partial charge < -0.3 is 10.3 Å². The quantitative estimate of drug-likeness (QED) is 0.718. The van der Waals surface area contributed by atoms with Crippen LogP contribution in [-0.2, 0) is 11.8 Å². The summed E-state index contributed by atoms with van der Waals surface area (Å²) in [7, 11) is 0. The van der Waals surface area contributed by atoms with E-state index in [2.05, 4.69) is 20.3 Å². The van der Waals surface area contributed by atoms with Crippen molar-refractivity contribution < 1.29 is 13.7 Å². The third-order valence-electron chi connectivity index (χ3n) is 5.17. The second-order valence-electron chi connectivity index (χ2n) is 6.82. The molecule has 3 aromatic heterocycles. The number of hydrogen-bond donors (Lipinski definition) is 1. The van der Waals surface area contributed by atoms with E-state index in [0.717, 1.165) is 31.4 Å². The van der Waals surface area contributed by atoms with Crippen molar-refractivity contribution in [3.05, 3.63) is 59.5 Å².